The second-order valence-corrected chi connectivity index (χ2v) is 5.01. The Morgan fingerprint density at radius 1 is 0.944 bits per heavy atom. The Morgan fingerprint density at radius 3 is 2.56 bits per heavy atom. The number of rotatable bonds is 3. The lowest BCUT2D eigenvalue weighted by Gasteiger charge is -2.06. The molecule has 0 radical (unpaired) electrons. The van der Waals surface area contributed by atoms with Gasteiger partial charge in [-0.1, -0.05) is 24.3 Å². The van der Waals surface area contributed by atoms with E-state index in [0.717, 1.165) is 27.2 Å². The van der Waals surface area contributed by atoms with E-state index in [0.29, 0.717) is 5.75 Å². The van der Waals surface area contributed by atoms with E-state index in [9.17, 15) is 5.11 Å². The zero-order valence-corrected chi connectivity index (χ0v) is 10.5. The average Bonchev–Trinajstić information content (AvgIpc) is 2.92. The molecule has 0 amide bonds. The van der Waals surface area contributed by atoms with Gasteiger partial charge in [-0.15, -0.1) is 11.8 Å². The van der Waals surface area contributed by atoms with Crippen LogP contribution in [-0.2, 0) is 5.75 Å². The molecule has 1 N–H and O–H groups in total. The highest BCUT2D eigenvalue weighted by atomic mass is 32.2. The van der Waals surface area contributed by atoms with Crippen LogP contribution in [0.2, 0.25) is 0 Å². The van der Waals surface area contributed by atoms with E-state index in [1.165, 1.54) is 0 Å². The van der Waals surface area contributed by atoms with E-state index in [-0.39, 0.29) is 0 Å². The first-order valence-corrected chi connectivity index (χ1v) is 6.69. The van der Waals surface area contributed by atoms with Gasteiger partial charge in [0, 0.05) is 10.3 Å². The Morgan fingerprint density at radius 2 is 1.78 bits per heavy atom. The molecule has 0 aliphatic heterocycles. The third kappa shape index (κ3) is 2.09. The largest absolute Gasteiger partial charge is 0.507 e. The van der Waals surface area contributed by atoms with E-state index in [1.807, 2.05) is 42.5 Å². The van der Waals surface area contributed by atoms with Crippen LogP contribution in [0.3, 0.4) is 0 Å². The smallest absolute Gasteiger partial charge is 0.123 e. The summed E-state index contributed by atoms with van der Waals surface area (Å²) >= 11 is 1.71. The maximum atomic E-state index is 9.82. The van der Waals surface area contributed by atoms with Crippen molar-refractivity contribution in [2.75, 3.05) is 0 Å². The van der Waals surface area contributed by atoms with E-state index in [2.05, 4.69) is 0 Å². The fourth-order valence-electron chi connectivity index (χ4n) is 1.92. The molecule has 18 heavy (non-hydrogen) atoms. The minimum absolute atomic E-state index is 0.327. The highest BCUT2D eigenvalue weighted by Crippen LogP contribution is 2.34. The maximum Gasteiger partial charge on any atom is 0.123 e. The highest BCUT2D eigenvalue weighted by molar-refractivity contribution is 7.98. The van der Waals surface area contributed by atoms with Crippen LogP contribution >= 0.6 is 11.8 Å². The molecule has 0 aliphatic carbocycles. The Kier molecular flexibility index (Phi) is 2.99. The number of phenols is 1. The summed E-state index contributed by atoms with van der Waals surface area (Å²) in [5, 5.41) is 11.8. The van der Waals surface area contributed by atoms with Gasteiger partial charge in [0.25, 0.3) is 0 Å². The molecule has 1 aromatic heterocycles. The van der Waals surface area contributed by atoms with Gasteiger partial charge in [0.2, 0.25) is 0 Å². The van der Waals surface area contributed by atoms with Gasteiger partial charge in [0.05, 0.1) is 12.0 Å². The second kappa shape index (κ2) is 4.78. The van der Waals surface area contributed by atoms with Crippen molar-refractivity contribution < 1.29 is 9.52 Å². The van der Waals surface area contributed by atoms with Gasteiger partial charge in [-0.2, -0.15) is 0 Å². The number of aromatic hydroxyl groups is 1. The lowest BCUT2D eigenvalue weighted by Crippen LogP contribution is -1.80. The predicted octanol–water partition coefficient (Wildman–Crippen LogP) is 4.43. The number of benzene rings is 2. The van der Waals surface area contributed by atoms with Crippen molar-refractivity contribution in [2.45, 2.75) is 10.6 Å². The number of furan rings is 1. The predicted molar refractivity (Wildman–Crippen MR) is 73.9 cm³/mol. The van der Waals surface area contributed by atoms with Crippen LogP contribution in [0.4, 0.5) is 0 Å². The first kappa shape index (κ1) is 11.2. The standard InChI is InChI=1S/C15H12O2S/c16-14-7-8-15(13-6-2-1-5-12(13)14)18-10-11-4-3-9-17-11/h1-9,16H,10H2. The fraction of sp³-hybridized carbons (Fsp3) is 0.0667. The van der Waals surface area contributed by atoms with Crippen LogP contribution in [0.15, 0.2) is 64.1 Å². The zero-order chi connectivity index (χ0) is 12.4. The van der Waals surface area contributed by atoms with Gasteiger partial charge in [-0.05, 0) is 29.7 Å². The van der Waals surface area contributed by atoms with Crippen molar-refractivity contribution in [1.82, 2.24) is 0 Å². The van der Waals surface area contributed by atoms with Gasteiger partial charge in [-0.25, -0.2) is 0 Å². The summed E-state index contributed by atoms with van der Waals surface area (Å²) in [6.45, 7) is 0. The Bertz CT molecular complexity index is 659. The average molecular weight is 256 g/mol. The first-order valence-electron chi connectivity index (χ1n) is 5.70. The van der Waals surface area contributed by atoms with Gasteiger partial charge in [0.1, 0.15) is 11.5 Å². The molecule has 0 aliphatic rings. The van der Waals surface area contributed by atoms with Crippen LogP contribution in [0.1, 0.15) is 5.76 Å². The van der Waals surface area contributed by atoms with Crippen molar-refractivity contribution in [3.05, 3.63) is 60.6 Å². The number of thioether (sulfide) groups is 1. The van der Waals surface area contributed by atoms with Crippen molar-refractivity contribution in [3.8, 4) is 5.75 Å². The molecular formula is C15H12O2S. The van der Waals surface area contributed by atoms with Gasteiger partial charge >= 0.3 is 0 Å². The van der Waals surface area contributed by atoms with Crippen molar-refractivity contribution in [3.63, 3.8) is 0 Å². The molecule has 90 valence electrons. The Labute approximate surface area is 109 Å². The van der Waals surface area contributed by atoms with Crippen LogP contribution in [0, 0.1) is 0 Å². The van der Waals surface area contributed by atoms with E-state index in [1.54, 1.807) is 24.1 Å². The summed E-state index contributed by atoms with van der Waals surface area (Å²) in [5.41, 5.74) is 0. The molecular weight excluding hydrogens is 244 g/mol. The summed E-state index contributed by atoms with van der Waals surface area (Å²) in [5.74, 6) is 2.08. The summed E-state index contributed by atoms with van der Waals surface area (Å²) in [7, 11) is 0. The molecule has 2 aromatic carbocycles. The minimum Gasteiger partial charge on any atom is -0.507 e. The Hall–Kier alpha value is -1.87. The molecule has 0 spiro atoms. The monoisotopic (exact) mass is 256 g/mol. The van der Waals surface area contributed by atoms with Crippen molar-refractivity contribution in [2.24, 2.45) is 0 Å². The summed E-state index contributed by atoms with van der Waals surface area (Å²) in [6, 6.07) is 15.4. The zero-order valence-electron chi connectivity index (χ0n) is 9.67. The molecule has 0 saturated heterocycles. The third-order valence-corrected chi connectivity index (χ3v) is 3.91. The van der Waals surface area contributed by atoms with Crippen LogP contribution in [0.25, 0.3) is 10.8 Å². The van der Waals surface area contributed by atoms with Gasteiger partial charge in [-0.3, -0.25) is 0 Å². The fourth-order valence-corrected chi connectivity index (χ4v) is 2.88. The topological polar surface area (TPSA) is 33.4 Å². The van der Waals surface area contributed by atoms with Gasteiger partial charge in [0.15, 0.2) is 0 Å². The summed E-state index contributed by atoms with van der Waals surface area (Å²) in [6.07, 6.45) is 1.69. The third-order valence-electron chi connectivity index (χ3n) is 2.81. The quantitative estimate of drug-likeness (QED) is 0.704. The molecule has 3 rings (SSSR count). The number of hydrogen-bond acceptors (Lipinski definition) is 3. The van der Waals surface area contributed by atoms with Crippen molar-refractivity contribution >= 4 is 22.5 Å². The normalized spacial score (nSPS) is 10.9. The van der Waals surface area contributed by atoms with Crippen molar-refractivity contribution in [1.29, 1.82) is 0 Å². The SMILES string of the molecule is Oc1ccc(SCc2ccco2)c2ccccc12. The molecule has 0 unspecified atom stereocenters. The number of hydrogen-bond donors (Lipinski definition) is 1. The van der Waals surface area contributed by atoms with Crippen LogP contribution in [0.5, 0.6) is 5.75 Å². The molecule has 3 heteroatoms. The number of fused-ring (bicyclic) bond motifs is 1. The molecule has 1 heterocycles. The molecule has 3 aromatic rings. The lowest BCUT2D eigenvalue weighted by atomic mass is 10.1. The second-order valence-electron chi connectivity index (χ2n) is 4.00. The van der Waals surface area contributed by atoms with Gasteiger partial charge < -0.3 is 9.52 Å². The molecule has 0 bridgehead atoms. The Balaban J connectivity index is 1.94. The first-order chi connectivity index (χ1) is 8.84. The van der Waals surface area contributed by atoms with Crippen LogP contribution in [-0.4, -0.2) is 5.11 Å². The number of phenolic OH excluding ortho intramolecular Hbond substituents is 1. The lowest BCUT2D eigenvalue weighted by molar-refractivity contribution is 0.481. The summed E-state index contributed by atoms with van der Waals surface area (Å²) < 4.78 is 5.32. The summed E-state index contributed by atoms with van der Waals surface area (Å²) in [4.78, 5) is 1.15. The molecule has 0 fully saturated rings. The van der Waals surface area contributed by atoms with E-state index >= 15 is 0 Å². The molecule has 0 saturated carbocycles. The highest BCUT2D eigenvalue weighted by Gasteiger charge is 2.06. The minimum atomic E-state index is 0.327. The molecule has 0 atom stereocenters. The van der Waals surface area contributed by atoms with E-state index < -0.39 is 0 Å². The molecule has 2 nitrogen and oxygen atoms in total. The van der Waals surface area contributed by atoms with Crippen LogP contribution < -0.4 is 0 Å². The maximum absolute atomic E-state index is 9.82. The van der Waals surface area contributed by atoms with E-state index in [4.69, 9.17) is 4.42 Å².